The molecule has 0 spiro atoms. The minimum Gasteiger partial charge on any atom is -0.370 e. The number of rotatable bonds is 4. The number of nitrogens with two attached hydrogens (primary N) is 1. The summed E-state index contributed by atoms with van der Waals surface area (Å²) in [5, 5.41) is 6.83. The van der Waals surface area contributed by atoms with Crippen LogP contribution in [0.1, 0.15) is 31.1 Å². The molecule has 6 heteroatoms. The number of carbonyl (C=O) groups excluding carboxylic acids is 1. The van der Waals surface area contributed by atoms with Gasteiger partial charge < -0.3 is 10.3 Å². The van der Waals surface area contributed by atoms with Gasteiger partial charge in [-0.3, -0.25) is 9.89 Å². The predicted octanol–water partition coefficient (Wildman–Crippen LogP) is 0.693. The van der Waals surface area contributed by atoms with Crippen molar-refractivity contribution in [1.29, 1.82) is 0 Å². The Bertz CT molecular complexity index is 404. The molecule has 0 bridgehead atoms. The van der Waals surface area contributed by atoms with Crippen LogP contribution in [0.4, 0.5) is 0 Å². The van der Waals surface area contributed by atoms with Gasteiger partial charge in [0.2, 0.25) is 5.91 Å². The average molecular weight is 212 g/mol. The molecule has 76 valence electrons. The molecule has 3 N–H and O–H groups in total. The Morgan fingerprint density at radius 2 is 2.43 bits per heavy atom. The number of aromatic amines is 1. The van der Waals surface area contributed by atoms with Gasteiger partial charge in [0.25, 0.3) is 0 Å². The Hall–Kier alpha value is -1.17. The lowest BCUT2D eigenvalue weighted by molar-refractivity contribution is -0.118. The summed E-state index contributed by atoms with van der Waals surface area (Å²) in [6.07, 6.45) is 3.19. The summed E-state index contributed by atoms with van der Waals surface area (Å²) in [4.78, 5) is 10.6. The van der Waals surface area contributed by atoms with Crippen molar-refractivity contribution < 1.29 is 4.79 Å². The molecule has 0 radical (unpaired) electrons. The summed E-state index contributed by atoms with van der Waals surface area (Å²) in [5.74, 6) is 0.539. The van der Waals surface area contributed by atoms with Crippen LogP contribution in [0.5, 0.6) is 0 Å². The molecule has 1 aliphatic rings. The molecule has 1 fully saturated rings. The van der Waals surface area contributed by atoms with E-state index in [2.05, 4.69) is 10.2 Å². The number of H-pyrrole nitrogens is 1. The third-order valence-corrected chi connectivity index (χ3v) is 2.57. The smallest absolute Gasteiger partial charge is 0.217 e. The Kier molecular flexibility index (Phi) is 2.37. The van der Waals surface area contributed by atoms with E-state index in [1.807, 2.05) is 4.57 Å². The van der Waals surface area contributed by atoms with Gasteiger partial charge >= 0.3 is 0 Å². The molecule has 0 unspecified atom stereocenters. The zero-order chi connectivity index (χ0) is 10.1. The number of hydrogen-bond donors (Lipinski definition) is 2. The first kappa shape index (κ1) is 9.39. The molecule has 1 aromatic heterocycles. The first-order valence-electron chi connectivity index (χ1n) is 4.62. The van der Waals surface area contributed by atoms with E-state index < -0.39 is 0 Å². The van der Waals surface area contributed by atoms with E-state index in [-0.39, 0.29) is 5.91 Å². The van der Waals surface area contributed by atoms with Crippen LogP contribution in [-0.4, -0.2) is 20.7 Å². The van der Waals surface area contributed by atoms with Crippen molar-refractivity contribution in [2.75, 3.05) is 0 Å². The summed E-state index contributed by atoms with van der Waals surface area (Å²) in [5.41, 5.74) is 5.08. The second kappa shape index (κ2) is 3.53. The zero-order valence-electron chi connectivity index (χ0n) is 7.69. The van der Waals surface area contributed by atoms with Gasteiger partial charge in [-0.15, -0.1) is 0 Å². The quantitative estimate of drug-likeness (QED) is 0.721. The van der Waals surface area contributed by atoms with Crippen LogP contribution in [0.15, 0.2) is 0 Å². The molecule has 1 heterocycles. The van der Waals surface area contributed by atoms with Crippen LogP contribution in [0, 0.1) is 4.77 Å². The lowest BCUT2D eigenvalue weighted by atomic mass is 10.3. The van der Waals surface area contributed by atoms with E-state index in [4.69, 9.17) is 18.0 Å². The molecule has 0 aromatic carbocycles. The van der Waals surface area contributed by atoms with Gasteiger partial charge in [0.15, 0.2) is 4.77 Å². The maximum atomic E-state index is 10.6. The third kappa shape index (κ3) is 1.84. The maximum Gasteiger partial charge on any atom is 0.217 e. The number of nitrogens with one attached hydrogen (secondary N) is 1. The Morgan fingerprint density at radius 1 is 1.71 bits per heavy atom. The van der Waals surface area contributed by atoms with Gasteiger partial charge in [-0.1, -0.05) is 0 Å². The van der Waals surface area contributed by atoms with Crippen molar-refractivity contribution in [3.05, 3.63) is 10.6 Å². The SMILES string of the molecule is NC(=O)CCc1n[nH]c(=S)n1C1CC1. The van der Waals surface area contributed by atoms with Crippen molar-refractivity contribution in [2.45, 2.75) is 31.7 Å². The molecule has 1 amide bonds. The van der Waals surface area contributed by atoms with Gasteiger partial charge in [-0.2, -0.15) is 5.10 Å². The standard InChI is InChI=1S/C8H12N4OS/c9-6(13)3-4-7-10-11-8(14)12(7)5-1-2-5/h5H,1-4H2,(H2,9,13)(H,11,14). The molecular formula is C8H12N4OS. The van der Waals surface area contributed by atoms with Gasteiger partial charge in [0.1, 0.15) is 5.82 Å². The Labute approximate surface area is 86.3 Å². The van der Waals surface area contributed by atoms with Gasteiger partial charge in [0, 0.05) is 18.9 Å². The Balaban J connectivity index is 2.16. The predicted molar refractivity (Wildman–Crippen MR) is 53.2 cm³/mol. The zero-order valence-corrected chi connectivity index (χ0v) is 8.51. The maximum absolute atomic E-state index is 10.6. The molecule has 0 saturated heterocycles. The molecule has 0 atom stereocenters. The highest BCUT2D eigenvalue weighted by molar-refractivity contribution is 7.71. The van der Waals surface area contributed by atoms with Crippen molar-refractivity contribution >= 4 is 18.1 Å². The van der Waals surface area contributed by atoms with E-state index in [1.54, 1.807) is 0 Å². The number of amides is 1. The van der Waals surface area contributed by atoms with Gasteiger partial charge in [-0.05, 0) is 25.1 Å². The second-order valence-electron chi connectivity index (χ2n) is 3.51. The number of nitrogens with zero attached hydrogens (tertiary/aromatic N) is 2. The number of primary amides is 1. The molecule has 5 nitrogen and oxygen atoms in total. The van der Waals surface area contributed by atoms with Gasteiger partial charge in [-0.25, -0.2) is 0 Å². The fraction of sp³-hybridized carbons (Fsp3) is 0.625. The van der Waals surface area contributed by atoms with E-state index in [0.717, 1.165) is 18.7 Å². The number of carbonyl (C=O) groups is 1. The summed E-state index contributed by atoms with van der Waals surface area (Å²) in [7, 11) is 0. The number of hydrogen-bond acceptors (Lipinski definition) is 3. The molecule has 1 aliphatic carbocycles. The first-order valence-corrected chi connectivity index (χ1v) is 5.03. The highest BCUT2D eigenvalue weighted by Gasteiger charge is 2.26. The average Bonchev–Trinajstić information content (AvgIpc) is 2.88. The van der Waals surface area contributed by atoms with E-state index in [9.17, 15) is 4.79 Å². The Morgan fingerprint density at radius 3 is 3.00 bits per heavy atom. The number of aryl methyl sites for hydroxylation is 1. The summed E-state index contributed by atoms with van der Waals surface area (Å²) >= 11 is 5.10. The van der Waals surface area contributed by atoms with E-state index in [0.29, 0.717) is 23.7 Å². The van der Waals surface area contributed by atoms with E-state index >= 15 is 0 Å². The fourth-order valence-corrected chi connectivity index (χ4v) is 1.76. The van der Waals surface area contributed by atoms with Crippen LogP contribution in [0.2, 0.25) is 0 Å². The third-order valence-electron chi connectivity index (χ3n) is 2.28. The molecule has 1 aromatic rings. The van der Waals surface area contributed by atoms with Crippen molar-refractivity contribution in [1.82, 2.24) is 14.8 Å². The molecule has 0 aliphatic heterocycles. The van der Waals surface area contributed by atoms with Crippen LogP contribution in [-0.2, 0) is 11.2 Å². The second-order valence-corrected chi connectivity index (χ2v) is 3.90. The summed E-state index contributed by atoms with van der Waals surface area (Å²) < 4.78 is 2.64. The fourth-order valence-electron chi connectivity index (χ4n) is 1.46. The highest BCUT2D eigenvalue weighted by atomic mass is 32.1. The largest absolute Gasteiger partial charge is 0.370 e. The first-order chi connectivity index (χ1) is 6.68. The van der Waals surface area contributed by atoms with Crippen LogP contribution >= 0.6 is 12.2 Å². The normalized spacial score (nSPS) is 15.7. The molecule has 2 rings (SSSR count). The summed E-state index contributed by atoms with van der Waals surface area (Å²) in [6, 6.07) is 0.490. The summed E-state index contributed by atoms with van der Waals surface area (Å²) in [6.45, 7) is 0. The van der Waals surface area contributed by atoms with Crippen LogP contribution < -0.4 is 5.73 Å². The minimum absolute atomic E-state index is 0.304. The minimum atomic E-state index is -0.304. The van der Waals surface area contributed by atoms with Crippen LogP contribution in [0.25, 0.3) is 0 Å². The topological polar surface area (TPSA) is 76.7 Å². The molecule has 14 heavy (non-hydrogen) atoms. The molecular weight excluding hydrogens is 200 g/mol. The van der Waals surface area contributed by atoms with Crippen molar-refractivity contribution in [2.24, 2.45) is 5.73 Å². The monoisotopic (exact) mass is 212 g/mol. The van der Waals surface area contributed by atoms with Crippen molar-refractivity contribution in [3.63, 3.8) is 0 Å². The van der Waals surface area contributed by atoms with E-state index in [1.165, 1.54) is 0 Å². The van der Waals surface area contributed by atoms with Crippen LogP contribution in [0.3, 0.4) is 0 Å². The highest BCUT2D eigenvalue weighted by Crippen LogP contribution is 2.35. The molecule has 1 saturated carbocycles. The van der Waals surface area contributed by atoms with Gasteiger partial charge in [0.05, 0.1) is 0 Å². The lowest BCUT2D eigenvalue weighted by Crippen LogP contribution is -2.13. The van der Waals surface area contributed by atoms with Crippen molar-refractivity contribution in [3.8, 4) is 0 Å². The number of aromatic nitrogens is 3. The lowest BCUT2D eigenvalue weighted by Gasteiger charge is -2.02.